The van der Waals surface area contributed by atoms with E-state index in [2.05, 4.69) is 33.0 Å². The zero-order valence-corrected chi connectivity index (χ0v) is 12.7. The fourth-order valence-electron chi connectivity index (χ4n) is 4.21. The molecule has 2 fully saturated rings. The molecule has 0 aromatic carbocycles. The fourth-order valence-corrected chi connectivity index (χ4v) is 4.21. The molecular weight excluding hydrogens is 222 g/mol. The van der Waals surface area contributed by atoms with E-state index in [0.717, 1.165) is 44.6 Å². The van der Waals surface area contributed by atoms with E-state index < -0.39 is 0 Å². The van der Waals surface area contributed by atoms with E-state index in [0.29, 0.717) is 10.8 Å². The Morgan fingerprint density at radius 1 is 1.22 bits per heavy atom. The molecule has 2 rings (SSSR count). The van der Waals surface area contributed by atoms with Crippen molar-refractivity contribution in [2.24, 2.45) is 16.7 Å². The number of hydrogen-bond acceptors (Lipinski definition) is 2. The second-order valence-electron chi connectivity index (χ2n) is 7.08. The molecule has 0 aliphatic heterocycles. The molecule has 2 nitrogen and oxygen atoms in total. The van der Waals surface area contributed by atoms with E-state index in [-0.39, 0.29) is 0 Å². The Balaban J connectivity index is 1.72. The Labute approximate surface area is 113 Å². The van der Waals surface area contributed by atoms with Gasteiger partial charge in [0.15, 0.2) is 0 Å². The summed E-state index contributed by atoms with van der Waals surface area (Å²) in [5.41, 5.74) is 1.05. The van der Waals surface area contributed by atoms with Gasteiger partial charge in [0.05, 0.1) is 0 Å². The molecule has 18 heavy (non-hydrogen) atoms. The zero-order chi connectivity index (χ0) is 13.2. The van der Waals surface area contributed by atoms with Gasteiger partial charge in [-0.3, -0.25) is 0 Å². The molecular formula is C16H31NO. The van der Waals surface area contributed by atoms with Crippen LogP contribution in [0.3, 0.4) is 0 Å². The topological polar surface area (TPSA) is 21.3 Å². The van der Waals surface area contributed by atoms with Crippen LogP contribution in [0.1, 0.15) is 59.8 Å². The summed E-state index contributed by atoms with van der Waals surface area (Å²) >= 11 is 0. The number of fused-ring (bicyclic) bond motifs is 2. The highest BCUT2D eigenvalue weighted by molar-refractivity contribution is 5.12. The van der Waals surface area contributed by atoms with Crippen molar-refractivity contribution < 1.29 is 4.74 Å². The molecule has 2 saturated carbocycles. The standard InChI is InChI=1S/C16H31NO/c1-5-10-18-11-6-9-17-14-12-13-7-8-16(14,4)15(13,2)3/h13-14,17H,5-12H2,1-4H3. The van der Waals surface area contributed by atoms with Gasteiger partial charge in [-0.25, -0.2) is 0 Å². The van der Waals surface area contributed by atoms with Gasteiger partial charge in [0.2, 0.25) is 0 Å². The van der Waals surface area contributed by atoms with Gasteiger partial charge >= 0.3 is 0 Å². The van der Waals surface area contributed by atoms with Gasteiger partial charge in [-0.1, -0.05) is 27.7 Å². The first-order valence-electron chi connectivity index (χ1n) is 7.83. The minimum atomic E-state index is 0.516. The first-order chi connectivity index (χ1) is 8.52. The lowest BCUT2D eigenvalue weighted by Crippen LogP contribution is -2.44. The molecule has 0 heterocycles. The molecule has 0 saturated heterocycles. The van der Waals surface area contributed by atoms with E-state index in [4.69, 9.17) is 4.74 Å². The van der Waals surface area contributed by atoms with E-state index >= 15 is 0 Å². The van der Waals surface area contributed by atoms with Crippen LogP contribution in [0.2, 0.25) is 0 Å². The zero-order valence-electron chi connectivity index (χ0n) is 12.7. The minimum absolute atomic E-state index is 0.516. The predicted octanol–water partition coefficient (Wildman–Crippen LogP) is 3.61. The third kappa shape index (κ3) is 2.34. The monoisotopic (exact) mass is 253 g/mol. The lowest BCUT2D eigenvalue weighted by atomic mass is 9.69. The first kappa shape index (κ1) is 14.3. The Kier molecular flexibility index (Phi) is 4.38. The van der Waals surface area contributed by atoms with Crippen LogP contribution in [0.15, 0.2) is 0 Å². The van der Waals surface area contributed by atoms with Crippen LogP contribution < -0.4 is 5.32 Å². The maximum Gasteiger partial charge on any atom is 0.0478 e. The van der Waals surface area contributed by atoms with E-state index in [1.54, 1.807) is 0 Å². The minimum Gasteiger partial charge on any atom is -0.381 e. The van der Waals surface area contributed by atoms with Crippen molar-refractivity contribution in [2.45, 2.75) is 65.8 Å². The second kappa shape index (κ2) is 5.50. The lowest BCUT2D eigenvalue weighted by molar-refractivity contribution is 0.112. The van der Waals surface area contributed by atoms with Crippen molar-refractivity contribution in [1.29, 1.82) is 0 Å². The number of ether oxygens (including phenoxy) is 1. The second-order valence-corrected chi connectivity index (χ2v) is 7.08. The summed E-state index contributed by atoms with van der Waals surface area (Å²) in [6.07, 6.45) is 6.52. The van der Waals surface area contributed by atoms with Gasteiger partial charge < -0.3 is 10.1 Å². The summed E-state index contributed by atoms with van der Waals surface area (Å²) in [5.74, 6) is 0.941. The maximum atomic E-state index is 5.54. The summed E-state index contributed by atoms with van der Waals surface area (Å²) in [7, 11) is 0. The smallest absolute Gasteiger partial charge is 0.0478 e. The van der Waals surface area contributed by atoms with E-state index in [1.807, 2.05) is 0 Å². The Bertz CT molecular complexity index is 276. The van der Waals surface area contributed by atoms with Crippen LogP contribution in [-0.4, -0.2) is 25.8 Å². The van der Waals surface area contributed by atoms with Crippen molar-refractivity contribution in [3.8, 4) is 0 Å². The molecule has 2 aliphatic rings. The predicted molar refractivity (Wildman–Crippen MR) is 76.7 cm³/mol. The highest BCUT2D eigenvalue weighted by Gasteiger charge is 2.60. The van der Waals surface area contributed by atoms with Crippen molar-refractivity contribution in [1.82, 2.24) is 5.32 Å². The molecule has 1 N–H and O–H groups in total. The third-order valence-electron chi connectivity index (χ3n) is 6.00. The summed E-state index contributed by atoms with van der Waals surface area (Å²) < 4.78 is 5.54. The summed E-state index contributed by atoms with van der Waals surface area (Å²) in [6, 6.07) is 0.734. The van der Waals surface area contributed by atoms with Crippen molar-refractivity contribution in [3.63, 3.8) is 0 Å². The average molecular weight is 253 g/mol. The largest absolute Gasteiger partial charge is 0.381 e. The number of nitrogens with one attached hydrogen (secondary N) is 1. The summed E-state index contributed by atoms with van der Waals surface area (Å²) in [5, 5.41) is 3.81. The molecule has 3 unspecified atom stereocenters. The molecule has 2 aliphatic carbocycles. The molecule has 0 amide bonds. The van der Waals surface area contributed by atoms with Gasteiger partial charge in [0, 0.05) is 19.3 Å². The number of rotatable bonds is 7. The normalized spacial score (nSPS) is 37.3. The van der Waals surface area contributed by atoms with E-state index in [1.165, 1.54) is 19.3 Å². The average Bonchev–Trinajstić information content (AvgIpc) is 2.66. The lowest BCUT2D eigenvalue weighted by Gasteiger charge is -2.39. The number of hydrogen-bond donors (Lipinski definition) is 1. The van der Waals surface area contributed by atoms with Gasteiger partial charge in [-0.05, 0) is 55.4 Å². The van der Waals surface area contributed by atoms with E-state index in [9.17, 15) is 0 Å². The van der Waals surface area contributed by atoms with Crippen LogP contribution in [-0.2, 0) is 4.74 Å². The van der Waals surface area contributed by atoms with Gasteiger partial charge in [-0.2, -0.15) is 0 Å². The Morgan fingerprint density at radius 2 is 2.00 bits per heavy atom. The van der Waals surface area contributed by atoms with Crippen LogP contribution in [0.25, 0.3) is 0 Å². The molecule has 0 aromatic rings. The molecule has 106 valence electrons. The fraction of sp³-hybridized carbons (Fsp3) is 1.00. The molecule has 2 heteroatoms. The molecule has 0 spiro atoms. The quantitative estimate of drug-likeness (QED) is 0.700. The SMILES string of the molecule is CCCOCCCNC1CC2CCC1(C)C2(C)C. The molecule has 3 atom stereocenters. The van der Waals surface area contributed by atoms with Crippen LogP contribution in [0.4, 0.5) is 0 Å². The Morgan fingerprint density at radius 3 is 2.56 bits per heavy atom. The molecule has 2 bridgehead atoms. The van der Waals surface area contributed by atoms with Crippen molar-refractivity contribution >= 4 is 0 Å². The molecule has 0 aromatic heterocycles. The van der Waals surface area contributed by atoms with Gasteiger partial charge in [-0.15, -0.1) is 0 Å². The van der Waals surface area contributed by atoms with Crippen LogP contribution >= 0.6 is 0 Å². The van der Waals surface area contributed by atoms with Gasteiger partial charge in [0.25, 0.3) is 0 Å². The highest BCUT2D eigenvalue weighted by atomic mass is 16.5. The van der Waals surface area contributed by atoms with Crippen LogP contribution in [0.5, 0.6) is 0 Å². The molecule has 0 radical (unpaired) electrons. The van der Waals surface area contributed by atoms with Crippen molar-refractivity contribution in [2.75, 3.05) is 19.8 Å². The summed E-state index contributed by atoms with van der Waals surface area (Å²) in [6.45, 7) is 12.6. The Hall–Kier alpha value is -0.0800. The van der Waals surface area contributed by atoms with Crippen LogP contribution in [0, 0.1) is 16.7 Å². The van der Waals surface area contributed by atoms with Gasteiger partial charge in [0.1, 0.15) is 0 Å². The van der Waals surface area contributed by atoms with Crippen molar-refractivity contribution in [3.05, 3.63) is 0 Å². The first-order valence-corrected chi connectivity index (χ1v) is 7.83. The highest BCUT2D eigenvalue weighted by Crippen LogP contribution is 2.65. The third-order valence-corrected chi connectivity index (χ3v) is 6.00. The maximum absolute atomic E-state index is 5.54. The summed E-state index contributed by atoms with van der Waals surface area (Å²) in [4.78, 5) is 0.